The van der Waals surface area contributed by atoms with Gasteiger partial charge in [-0.25, -0.2) is 4.79 Å². The zero-order valence-corrected chi connectivity index (χ0v) is 16.1. The van der Waals surface area contributed by atoms with Gasteiger partial charge in [-0.1, -0.05) is 47.5 Å². The smallest absolute Gasteiger partial charge is 0.339 e. The zero-order chi connectivity index (χ0) is 19.7. The Kier molecular flexibility index (Phi) is 5.07. The van der Waals surface area contributed by atoms with Crippen LogP contribution < -0.4 is 5.32 Å². The number of hydrogen-bond donors (Lipinski definition) is 1. The molecule has 0 radical (unpaired) electrons. The van der Waals surface area contributed by atoms with Gasteiger partial charge >= 0.3 is 5.97 Å². The van der Waals surface area contributed by atoms with Crippen molar-refractivity contribution in [1.29, 1.82) is 0 Å². The highest BCUT2D eigenvalue weighted by molar-refractivity contribution is 6.34. The van der Waals surface area contributed by atoms with E-state index in [0.717, 1.165) is 11.1 Å². The van der Waals surface area contributed by atoms with Gasteiger partial charge in [-0.15, -0.1) is 0 Å². The van der Waals surface area contributed by atoms with Gasteiger partial charge in [-0.05, 0) is 53.6 Å². The number of benzene rings is 3. The lowest BCUT2D eigenvalue weighted by Crippen LogP contribution is -2.23. The summed E-state index contributed by atoms with van der Waals surface area (Å²) >= 11 is 12.0. The molecular formula is C22H15Cl2NO3. The summed E-state index contributed by atoms with van der Waals surface area (Å²) in [6.07, 6.45) is 0.0646. The maximum absolute atomic E-state index is 12.6. The van der Waals surface area contributed by atoms with E-state index < -0.39 is 12.1 Å². The Morgan fingerprint density at radius 2 is 1.75 bits per heavy atom. The zero-order valence-electron chi connectivity index (χ0n) is 14.6. The molecule has 0 bridgehead atoms. The first-order chi connectivity index (χ1) is 13.5. The molecule has 0 saturated carbocycles. The Labute approximate surface area is 172 Å². The molecule has 0 spiro atoms. The van der Waals surface area contributed by atoms with Crippen molar-refractivity contribution in [3.63, 3.8) is 0 Å². The Bertz CT molecular complexity index is 1060. The first kappa shape index (κ1) is 18.5. The van der Waals surface area contributed by atoms with Crippen LogP contribution in [0.5, 0.6) is 0 Å². The fourth-order valence-electron chi connectivity index (χ4n) is 3.16. The minimum absolute atomic E-state index is 0.294. The average molecular weight is 412 g/mol. The molecule has 0 aliphatic carbocycles. The molecule has 0 saturated heterocycles. The number of fused-ring (bicyclic) bond motifs is 1. The molecule has 1 N–H and O–H groups in total. The van der Waals surface area contributed by atoms with Gasteiger partial charge in [-0.2, -0.15) is 0 Å². The van der Waals surface area contributed by atoms with Crippen LogP contribution in [0.4, 0.5) is 5.69 Å². The molecule has 3 aromatic carbocycles. The molecule has 1 aliphatic heterocycles. The molecule has 28 heavy (non-hydrogen) atoms. The Hall–Kier alpha value is -2.82. The minimum atomic E-state index is -0.417. The lowest BCUT2D eigenvalue weighted by atomic mass is 9.93. The van der Waals surface area contributed by atoms with E-state index >= 15 is 0 Å². The fourth-order valence-corrected chi connectivity index (χ4v) is 3.47. The summed E-state index contributed by atoms with van der Waals surface area (Å²) in [6, 6.07) is 19.2. The summed E-state index contributed by atoms with van der Waals surface area (Å²) in [5.41, 5.74) is 3.07. The largest absolute Gasteiger partial charge is 0.454 e. The van der Waals surface area contributed by atoms with Gasteiger partial charge in [0.25, 0.3) is 5.91 Å². The second-order valence-corrected chi connectivity index (χ2v) is 7.30. The van der Waals surface area contributed by atoms with Crippen molar-refractivity contribution in [3.05, 3.63) is 99.0 Å². The fraction of sp³-hybridized carbons (Fsp3) is 0.0909. The van der Waals surface area contributed by atoms with Crippen LogP contribution in [0.3, 0.4) is 0 Å². The predicted molar refractivity (Wildman–Crippen MR) is 109 cm³/mol. The number of rotatable bonds is 3. The Balaban J connectivity index is 1.60. The molecule has 3 aromatic rings. The van der Waals surface area contributed by atoms with Crippen molar-refractivity contribution in [2.45, 2.75) is 12.5 Å². The summed E-state index contributed by atoms with van der Waals surface area (Å²) in [5, 5.41) is 3.87. The van der Waals surface area contributed by atoms with Gasteiger partial charge in [0.05, 0.1) is 16.3 Å². The topological polar surface area (TPSA) is 55.4 Å². The van der Waals surface area contributed by atoms with E-state index in [2.05, 4.69) is 5.32 Å². The number of anilines is 1. The van der Waals surface area contributed by atoms with Crippen molar-refractivity contribution in [3.8, 4) is 0 Å². The van der Waals surface area contributed by atoms with Gasteiger partial charge in [0, 0.05) is 17.0 Å². The number of amides is 1. The molecule has 4 nitrogen and oxygen atoms in total. The lowest BCUT2D eigenvalue weighted by Gasteiger charge is -2.25. The molecule has 1 heterocycles. The molecule has 0 aromatic heterocycles. The first-order valence-electron chi connectivity index (χ1n) is 8.66. The van der Waals surface area contributed by atoms with E-state index in [-0.39, 0.29) is 5.91 Å². The van der Waals surface area contributed by atoms with E-state index in [1.54, 1.807) is 54.6 Å². The normalized spacial score (nSPS) is 15.5. The summed E-state index contributed by atoms with van der Waals surface area (Å²) in [6.45, 7) is 0. The van der Waals surface area contributed by atoms with Crippen LogP contribution in [0.2, 0.25) is 10.0 Å². The van der Waals surface area contributed by atoms with Crippen LogP contribution in [-0.4, -0.2) is 11.9 Å². The summed E-state index contributed by atoms with van der Waals surface area (Å²) in [5.74, 6) is -0.697. The minimum Gasteiger partial charge on any atom is -0.454 e. The maximum Gasteiger partial charge on any atom is 0.339 e. The highest BCUT2D eigenvalue weighted by Crippen LogP contribution is 2.32. The maximum atomic E-state index is 12.6. The quantitative estimate of drug-likeness (QED) is 0.562. The summed E-state index contributed by atoms with van der Waals surface area (Å²) in [4.78, 5) is 25.0. The van der Waals surface area contributed by atoms with Crippen molar-refractivity contribution >= 4 is 40.8 Å². The number of cyclic esters (lactones) is 1. The predicted octanol–water partition coefficient (Wildman–Crippen LogP) is 5.70. The standard InChI is InChI=1S/C22H15Cl2NO3/c23-16-8-5-13(6-9-16)20-12-15-11-14(7-10-17(15)22(27)28-20)21(26)25-19-4-2-1-3-18(19)24/h1-11,20H,12H2,(H,25,26)/t20-/m0/s1. The van der Waals surface area contributed by atoms with Crippen LogP contribution in [0, 0.1) is 0 Å². The summed E-state index contributed by atoms with van der Waals surface area (Å²) in [7, 11) is 0. The number of carbonyl (C=O) groups excluding carboxylic acids is 2. The molecule has 1 atom stereocenters. The Morgan fingerprint density at radius 3 is 2.50 bits per heavy atom. The first-order valence-corrected chi connectivity index (χ1v) is 9.42. The highest BCUT2D eigenvalue weighted by Gasteiger charge is 2.28. The molecule has 1 amide bonds. The van der Waals surface area contributed by atoms with E-state index in [4.69, 9.17) is 27.9 Å². The van der Waals surface area contributed by atoms with E-state index in [1.807, 2.05) is 12.1 Å². The van der Waals surface area contributed by atoms with E-state index in [9.17, 15) is 9.59 Å². The number of hydrogen-bond acceptors (Lipinski definition) is 3. The van der Waals surface area contributed by atoms with Crippen LogP contribution >= 0.6 is 23.2 Å². The van der Waals surface area contributed by atoms with Gasteiger partial charge < -0.3 is 10.1 Å². The molecule has 140 valence electrons. The van der Waals surface area contributed by atoms with Crippen LogP contribution in [0.25, 0.3) is 0 Å². The number of halogens is 2. The van der Waals surface area contributed by atoms with Gasteiger partial charge in [0.15, 0.2) is 0 Å². The van der Waals surface area contributed by atoms with E-state index in [0.29, 0.717) is 33.3 Å². The SMILES string of the molecule is O=C(Nc1ccccc1Cl)c1ccc2c(c1)C[C@@H](c1ccc(Cl)cc1)OC2=O. The molecule has 0 unspecified atom stereocenters. The third-order valence-electron chi connectivity index (χ3n) is 4.61. The molecule has 6 heteroatoms. The van der Waals surface area contributed by atoms with Gasteiger partial charge in [-0.3, -0.25) is 4.79 Å². The highest BCUT2D eigenvalue weighted by atomic mass is 35.5. The van der Waals surface area contributed by atoms with Gasteiger partial charge in [0.2, 0.25) is 0 Å². The summed E-state index contributed by atoms with van der Waals surface area (Å²) < 4.78 is 5.55. The van der Waals surface area contributed by atoms with Crippen LogP contribution in [-0.2, 0) is 11.2 Å². The second-order valence-electron chi connectivity index (χ2n) is 6.46. The van der Waals surface area contributed by atoms with Crippen LogP contribution in [0.15, 0.2) is 66.7 Å². The molecule has 1 aliphatic rings. The lowest BCUT2D eigenvalue weighted by molar-refractivity contribution is 0.0252. The number of para-hydroxylation sites is 1. The van der Waals surface area contributed by atoms with Crippen molar-refractivity contribution in [2.24, 2.45) is 0 Å². The second kappa shape index (κ2) is 7.66. The van der Waals surface area contributed by atoms with Crippen molar-refractivity contribution in [2.75, 3.05) is 5.32 Å². The van der Waals surface area contributed by atoms with Crippen molar-refractivity contribution < 1.29 is 14.3 Å². The monoisotopic (exact) mass is 411 g/mol. The van der Waals surface area contributed by atoms with Crippen LogP contribution in [0.1, 0.15) is 37.9 Å². The molecular weight excluding hydrogens is 397 g/mol. The number of carbonyl (C=O) groups is 2. The van der Waals surface area contributed by atoms with Gasteiger partial charge in [0.1, 0.15) is 6.10 Å². The average Bonchev–Trinajstić information content (AvgIpc) is 2.69. The number of ether oxygens (including phenoxy) is 1. The number of nitrogens with one attached hydrogen (secondary N) is 1. The molecule has 4 rings (SSSR count). The third-order valence-corrected chi connectivity index (χ3v) is 5.19. The van der Waals surface area contributed by atoms with Crippen molar-refractivity contribution in [1.82, 2.24) is 0 Å². The van der Waals surface area contributed by atoms with E-state index in [1.165, 1.54) is 0 Å². The molecule has 0 fully saturated rings. The number of esters is 1. The Morgan fingerprint density at radius 1 is 1.00 bits per heavy atom. The third kappa shape index (κ3) is 3.75.